The van der Waals surface area contributed by atoms with Gasteiger partial charge in [-0.3, -0.25) is 0 Å². The molecule has 0 radical (unpaired) electrons. The number of benzene rings is 15. The largest absolute Gasteiger partial charge is 0.455 e. The van der Waals surface area contributed by atoms with Gasteiger partial charge in [-0.15, -0.1) is 0 Å². The molecule has 16 aromatic rings. The minimum absolute atomic E-state index is 0.618. The first-order valence-electron chi connectivity index (χ1n) is 32.0. The van der Waals surface area contributed by atoms with Crippen molar-refractivity contribution in [2.45, 2.75) is 12.3 Å². The Labute approximate surface area is 542 Å². The van der Waals surface area contributed by atoms with Gasteiger partial charge in [-0.2, -0.15) is 0 Å². The molecular weight excluding hydrogens is 1130 g/mol. The highest BCUT2D eigenvalue weighted by molar-refractivity contribution is 6.10. The smallest absolute Gasteiger partial charge is 0.140 e. The zero-order valence-electron chi connectivity index (χ0n) is 51.4. The highest BCUT2D eigenvalue weighted by atomic mass is 16.5. The van der Waals surface area contributed by atoms with Crippen molar-refractivity contribution in [2.75, 3.05) is 4.90 Å². The van der Waals surface area contributed by atoms with Crippen LogP contribution in [0.25, 0.3) is 111 Å². The van der Waals surface area contributed by atoms with Crippen LogP contribution in [-0.2, 0) is 5.41 Å². The van der Waals surface area contributed by atoms with Crippen LogP contribution in [0.15, 0.2) is 346 Å². The lowest BCUT2D eigenvalue weighted by Gasteiger charge is -2.40. The Hall–Kier alpha value is -12.0. The summed E-state index contributed by atoms with van der Waals surface area (Å²) >= 11 is 0. The number of hydrogen-bond donors (Lipinski definition) is 0. The van der Waals surface area contributed by atoms with Gasteiger partial charge in [0.05, 0.1) is 16.4 Å². The van der Waals surface area contributed by atoms with Crippen molar-refractivity contribution in [1.29, 1.82) is 0 Å². The van der Waals surface area contributed by atoms with Crippen LogP contribution in [0.3, 0.4) is 0 Å². The predicted octanol–water partition coefficient (Wildman–Crippen LogP) is 24.3. The zero-order valence-corrected chi connectivity index (χ0v) is 51.4. The van der Waals surface area contributed by atoms with Crippen molar-refractivity contribution in [1.82, 2.24) is 4.57 Å². The molecule has 15 aromatic carbocycles. The number of hydrogen-bond acceptors (Lipinski definition) is 2. The van der Waals surface area contributed by atoms with E-state index in [-0.39, 0.29) is 0 Å². The quantitative estimate of drug-likeness (QED) is 0.143. The average molecular weight is 1190 g/mol. The monoisotopic (exact) mass is 1190 g/mol. The average Bonchev–Trinajstić information content (AvgIpc) is 1.59. The third kappa shape index (κ3) is 9.27. The molecule has 1 aliphatic heterocycles. The molecule has 2 aliphatic rings. The first-order valence-corrected chi connectivity index (χ1v) is 32.0. The van der Waals surface area contributed by atoms with Gasteiger partial charge < -0.3 is 14.2 Å². The minimum Gasteiger partial charge on any atom is -0.455 e. The lowest BCUT2D eigenvalue weighted by Crippen LogP contribution is -2.32. The molecule has 2 heterocycles. The lowest BCUT2D eigenvalue weighted by molar-refractivity contribution is 0.447. The summed E-state index contributed by atoms with van der Waals surface area (Å²) < 4.78 is 9.61. The fourth-order valence-electron chi connectivity index (χ4n) is 14.8. The van der Waals surface area contributed by atoms with E-state index in [0.29, 0.717) is 0 Å². The first-order chi connectivity index (χ1) is 46.0. The summed E-state index contributed by atoms with van der Waals surface area (Å²) in [4.78, 5) is 2.38. The van der Waals surface area contributed by atoms with Crippen molar-refractivity contribution in [3.63, 3.8) is 0 Å². The van der Waals surface area contributed by atoms with Gasteiger partial charge in [0.2, 0.25) is 0 Å². The molecule has 93 heavy (non-hydrogen) atoms. The molecule has 3 nitrogen and oxygen atoms in total. The summed E-state index contributed by atoms with van der Waals surface area (Å²) in [5.41, 5.74) is 25.4. The first kappa shape index (κ1) is 55.1. The molecule has 0 saturated heterocycles. The van der Waals surface area contributed by atoms with Crippen molar-refractivity contribution in [2.24, 2.45) is 0 Å². The highest BCUT2D eigenvalue weighted by Gasteiger charge is 2.52. The van der Waals surface area contributed by atoms with Gasteiger partial charge in [0, 0.05) is 55.4 Å². The number of ether oxygens (including phenoxy) is 1. The van der Waals surface area contributed by atoms with Crippen LogP contribution < -0.4 is 9.64 Å². The molecule has 3 heteroatoms. The van der Waals surface area contributed by atoms with Gasteiger partial charge >= 0.3 is 0 Å². The molecule has 0 atom stereocenters. The molecule has 438 valence electrons. The number of nitrogens with zero attached hydrogens (tertiary/aromatic N) is 2. The van der Waals surface area contributed by atoms with E-state index in [4.69, 9.17) is 4.74 Å². The number of aromatic nitrogens is 1. The van der Waals surface area contributed by atoms with E-state index in [1.54, 1.807) is 0 Å². The molecule has 0 N–H and O–H groups in total. The van der Waals surface area contributed by atoms with E-state index in [0.717, 1.165) is 78.0 Å². The molecule has 0 saturated carbocycles. The predicted molar refractivity (Wildman–Crippen MR) is 391 cm³/mol. The van der Waals surface area contributed by atoms with Gasteiger partial charge in [0.1, 0.15) is 11.5 Å². The Bertz CT molecular complexity index is 5460. The van der Waals surface area contributed by atoms with E-state index in [2.05, 4.69) is 351 Å². The fraction of sp³-hybridized carbons (Fsp3) is 0.0222. The van der Waals surface area contributed by atoms with Crippen LogP contribution in [-0.4, -0.2) is 4.57 Å². The fourth-order valence-corrected chi connectivity index (χ4v) is 14.8. The van der Waals surface area contributed by atoms with E-state index in [1.807, 2.05) is 18.2 Å². The van der Waals surface area contributed by atoms with E-state index in [9.17, 15) is 0 Å². The Morgan fingerprint density at radius 1 is 0.323 bits per heavy atom. The Morgan fingerprint density at radius 3 is 1.44 bits per heavy atom. The molecular formula is C90H62N2O. The third-order valence-corrected chi connectivity index (χ3v) is 19.3. The van der Waals surface area contributed by atoms with Crippen molar-refractivity contribution < 1.29 is 4.74 Å². The molecule has 1 aliphatic carbocycles. The van der Waals surface area contributed by atoms with Crippen LogP contribution in [0.1, 0.15) is 33.4 Å². The van der Waals surface area contributed by atoms with Crippen molar-refractivity contribution in [3.05, 3.63) is 380 Å². The second-order valence-electron chi connectivity index (χ2n) is 24.4. The van der Waals surface area contributed by atoms with E-state index < -0.39 is 5.41 Å². The normalized spacial score (nSPS) is 12.4. The zero-order chi connectivity index (χ0) is 62.0. The number of anilines is 3. The van der Waals surface area contributed by atoms with Crippen LogP contribution in [0.5, 0.6) is 11.5 Å². The topological polar surface area (TPSA) is 17.4 Å². The summed E-state index contributed by atoms with van der Waals surface area (Å²) in [7, 11) is 0. The van der Waals surface area contributed by atoms with Crippen LogP contribution in [0, 0.1) is 6.92 Å². The second-order valence-corrected chi connectivity index (χ2v) is 24.4. The lowest BCUT2D eigenvalue weighted by atomic mass is 9.65. The van der Waals surface area contributed by atoms with E-state index >= 15 is 0 Å². The summed E-state index contributed by atoms with van der Waals surface area (Å²) in [5, 5.41) is 7.04. The van der Waals surface area contributed by atoms with Crippen LogP contribution >= 0.6 is 0 Å². The minimum atomic E-state index is -0.618. The number of aryl methyl sites for hydroxylation is 1. The maximum Gasteiger partial charge on any atom is 0.140 e. The Kier molecular flexibility index (Phi) is 13.5. The van der Waals surface area contributed by atoms with Gasteiger partial charge in [-0.05, 0) is 168 Å². The van der Waals surface area contributed by atoms with Gasteiger partial charge in [0.15, 0.2) is 0 Å². The number of fused-ring (bicyclic) bond motifs is 16. The number of rotatable bonds is 9. The summed E-state index contributed by atoms with van der Waals surface area (Å²) in [6.07, 6.45) is 1.87. The molecule has 1 aromatic heterocycles. The van der Waals surface area contributed by atoms with Gasteiger partial charge in [-0.1, -0.05) is 280 Å². The molecule has 0 bridgehead atoms. The Balaban J connectivity index is 0.000000679. The van der Waals surface area contributed by atoms with Crippen LogP contribution in [0.4, 0.5) is 17.1 Å². The highest BCUT2D eigenvalue weighted by Crippen LogP contribution is 2.64. The van der Waals surface area contributed by atoms with Gasteiger partial charge in [0.25, 0.3) is 0 Å². The van der Waals surface area contributed by atoms with Crippen molar-refractivity contribution >= 4 is 66.5 Å². The molecule has 0 fully saturated rings. The Morgan fingerprint density at radius 2 is 0.796 bits per heavy atom. The molecule has 0 amide bonds. The summed E-state index contributed by atoms with van der Waals surface area (Å²) in [6.45, 7) is 5.77. The summed E-state index contributed by atoms with van der Waals surface area (Å²) in [5.74, 6) is 1.85. The van der Waals surface area contributed by atoms with E-state index in [1.165, 1.54) is 88.6 Å². The summed E-state index contributed by atoms with van der Waals surface area (Å²) in [6, 6.07) is 124. The maximum atomic E-state index is 7.24. The molecule has 1 spiro atoms. The SMILES string of the molecule is C=Cc1ccccc1C.c1ccc(-c2ccc(N(c3ccc(-c4ccc5c(c4)c4ccccc4n5-c4ccccc4)cc3)c3cccc(-c4ccc(-c5ccc6c(c5)C5(c7ccccc7-6)c6ccc7ccccc7c6Oc6c5ccc5ccccc65)cc4)c3)cc2)cc1. The van der Waals surface area contributed by atoms with Crippen molar-refractivity contribution in [3.8, 4) is 72.8 Å². The third-order valence-electron chi connectivity index (χ3n) is 19.3. The standard InChI is InChI=1S/C81H52N2O.C9H10/c1-3-16-53(17-4-1)54-34-42-64(43-35-54)82(65-44-36-57(37-45-65)61-41-49-78-72(51-61)71-27-12-14-29-77(71)83(78)63-21-5-2-6-22-63)66-23-15-20-60(50-66)55-30-32-56(33-31-55)62-38-46-70-69-26-11-13-28-73(69)81(76(70)52-62)74-47-39-58-18-7-9-24-67(58)79(74)84-80-68-25-10-8-19-59(68)40-48-75(80)81;1-3-9-7-5-4-6-8(9)2/h1-52H;3-7H,1H2,2H3. The van der Waals surface area contributed by atoms with Crippen LogP contribution in [0.2, 0.25) is 0 Å². The number of para-hydroxylation sites is 2. The second kappa shape index (κ2) is 22.8. The molecule has 0 unspecified atom stereocenters. The maximum absolute atomic E-state index is 7.24. The van der Waals surface area contributed by atoms with Gasteiger partial charge in [-0.25, -0.2) is 0 Å². The molecule has 18 rings (SSSR count).